The number of hydrogen-bond donors (Lipinski definition) is 2. The number of carboxylic acids is 1. The molecule has 1 saturated carbocycles. The van der Waals surface area contributed by atoms with Gasteiger partial charge in [-0.2, -0.15) is 0 Å². The number of nitrogens with one attached hydrogen (secondary N) is 1. The number of rotatable bonds is 5. The normalized spacial score (nSPS) is 16.8. The average Bonchev–Trinajstić information content (AvgIpc) is 3.54. The van der Waals surface area contributed by atoms with Crippen molar-refractivity contribution in [3.8, 4) is 0 Å². The highest BCUT2D eigenvalue weighted by atomic mass is 19.1. The number of piperazine rings is 1. The Balaban J connectivity index is 1.45. The van der Waals surface area contributed by atoms with Crippen molar-refractivity contribution in [2.45, 2.75) is 12.8 Å². The van der Waals surface area contributed by atoms with Gasteiger partial charge in [-0.05, 0) is 55.3 Å². The fourth-order valence-electron chi connectivity index (χ4n) is 3.47. The quantitative estimate of drug-likeness (QED) is 0.830. The highest BCUT2D eigenvalue weighted by Crippen LogP contribution is 2.32. The van der Waals surface area contributed by atoms with Gasteiger partial charge in [0.2, 0.25) is 5.91 Å². The minimum absolute atomic E-state index is 0.0147. The third kappa shape index (κ3) is 3.93. The van der Waals surface area contributed by atoms with Crippen LogP contribution in [0.2, 0.25) is 0 Å². The molecule has 0 unspecified atom stereocenters. The summed E-state index contributed by atoms with van der Waals surface area (Å²) < 4.78 is 13.1. The van der Waals surface area contributed by atoms with E-state index >= 15 is 0 Å². The third-order valence-corrected chi connectivity index (χ3v) is 5.28. The van der Waals surface area contributed by atoms with E-state index in [1.165, 1.54) is 12.1 Å². The van der Waals surface area contributed by atoms with Crippen LogP contribution in [-0.4, -0.2) is 43.2 Å². The van der Waals surface area contributed by atoms with E-state index in [2.05, 4.69) is 15.1 Å². The Kier molecular flexibility index (Phi) is 4.90. The second kappa shape index (κ2) is 7.50. The first kappa shape index (κ1) is 18.3. The Morgan fingerprint density at radius 2 is 1.50 bits per heavy atom. The van der Waals surface area contributed by atoms with Crippen molar-refractivity contribution in [1.29, 1.82) is 0 Å². The van der Waals surface area contributed by atoms with Crippen LogP contribution in [0, 0.1) is 11.7 Å². The molecule has 146 valence electrons. The molecule has 28 heavy (non-hydrogen) atoms. The fourth-order valence-corrected chi connectivity index (χ4v) is 3.47. The van der Waals surface area contributed by atoms with Crippen LogP contribution >= 0.6 is 0 Å². The molecule has 1 aliphatic carbocycles. The number of benzene rings is 2. The molecule has 0 radical (unpaired) electrons. The second-order valence-corrected chi connectivity index (χ2v) is 7.25. The number of aromatic carboxylic acids is 1. The summed E-state index contributed by atoms with van der Waals surface area (Å²) in [4.78, 5) is 28.0. The molecule has 1 aliphatic heterocycles. The zero-order chi connectivity index (χ0) is 19.7. The molecule has 0 aromatic heterocycles. The number of carbonyl (C=O) groups is 2. The predicted molar refractivity (Wildman–Crippen MR) is 106 cm³/mol. The smallest absolute Gasteiger partial charge is 0.337 e. The Labute approximate surface area is 162 Å². The average molecular weight is 383 g/mol. The van der Waals surface area contributed by atoms with E-state index in [1.54, 1.807) is 24.3 Å². The van der Waals surface area contributed by atoms with Crippen molar-refractivity contribution in [3.63, 3.8) is 0 Å². The molecular weight excluding hydrogens is 361 g/mol. The molecule has 0 spiro atoms. The molecule has 1 saturated heterocycles. The van der Waals surface area contributed by atoms with Crippen LogP contribution in [-0.2, 0) is 4.79 Å². The van der Waals surface area contributed by atoms with Crippen LogP contribution in [0.3, 0.4) is 0 Å². The number of halogens is 1. The van der Waals surface area contributed by atoms with E-state index < -0.39 is 5.97 Å². The van der Waals surface area contributed by atoms with E-state index in [9.17, 15) is 19.1 Å². The molecular formula is C21H22FN3O3. The van der Waals surface area contributed by atoms with Gasteiger partial charge >= 0.3 is 5.97 Å². The van der Waals surface area contributed by atoms with Gasteiger partial charge in [0, 0.05) is 43.5 Å². The van der Waals surface area contributed by atoms with Crippen LogP contribution in [0.25, 0.3) is 0 Å². The zero-order valence-electron chi connectivity index (χ0n) is 15.4. The monoisotopic (exact) mass is 383 g/mol. The summed E-state index contributed by atoms with van der Waals surface area (Å²) >= 11 is 0. The number of nitrogens with zero attached hydrogens (tertiary/aromatic N) is 2. The standard InChI is InChI=1S/C21H22FN3O3/c22-15-3-5-16(6-4-15)24-9-11-25(12-10-24)17-7-8-19(18(13-17)21(27)28)23-20(26)14-1-2-14/h3-8,13-14H,1-2,9-12H2,(H,23,26)(H,27,28). The van der Waals surface area contributed by atoms with Gasteiger partial charge in [0.1, 0.15) is 5.82 Å². The number of carboxylic acid groups (broad SMARTS) is 1. The third-order valence-electron chi connectivity index (χ3n) is 5.28. The van der Waals surface area contributed by atoms with E-state index in [4.69, 9.17) is 0 Å². The SMILES string of the molecule is O=C(O)c1cc(N2CCN(c3ccc(F)cc3)CC2)ccc1NC(=O)C1CC1. The molecule has 2 aliphatic rings. The van der Waals surface area contributed by atoms with E-state index in [0.717, 1.165) is 50.4 Å². The van der Waals surface area contributed by atoms with Crippen LogP contribution < -0.4 is 15.1 Å². The lowest BCUT2D eigenvalue weighted by Crippen LogP contribution is -2.46. The minimum atomic E-state index is -1.06. The number of amides is 1. The van der Waals surface area contributed by atoms with Gasteiger partial charge in [-0.1, -0.05) is 0 Å². The first-order valence-electron chi connectivity index (χ1n) is 9.45. The maximum Gasteiger partial charge on any atom is 0.337 e. The van der Waals surface area contributed by atoms with Crippen molar-refractivity contribution >= 4 is 28.9 Å². The number of carbonyl (C=O) groups excluding carboxylic acids is 1. The Morgan fingerprint density at radius 1 is 0.929 bits per heavy atom. The Morgan fingerprint density at radius 3 is 2.07 bits per heavy atom. The molecule has 1 heterocycles. The van der Waals surface area contributed by atoms with Gasteiger partial charge in [0.15, 0.2) is 0 Å². The summed E-state index contributed by atoms with van der Waals surface area (Å²) in [7, 11) is 0. The fraction of sp³-hybridized carbons (Fsp3) is 0.333. The predicted octanol–water partition coefficient (Wildman–Crippen LogP) is 3.20. The lowest BCUT2D eigenvalue weighted by Gasteiger charge is -2.37. The zero-order valence-corrected chi connectivity index (χ0v) is 15.4. The molecule has 6 nitrogen and oxygen atoms in total. The van der Waals surface area contributed by atoms with Gasteiger partial charge in [0.25, 0.3) is 0 Å². The summed E-state index contributed by atoms with van der Waals surface area (Å²) in [6.45, 7) is 2.97. The summed E-state index contributed by atoms with van der Waals surface area (Å²) in [6.07, 6.45) is 1.73. The molecule has 4 rings (SSSR count). The van der Waals surface area contributed by atoms with Crippen molar-refractivity contribution in [2.24, 2.45) is 5.92 Å². The largest absolute Gasteiger partial charge is 0.478 e. The van der Waals surface area contributed by atoms with E-state index in [0.29, 0.717) is 5.69 Å². The lowest BCUT2D eigenvalue weighted by atomic mass is 10.1. The number of anilines is 3. The molecule has 2 N–H and O–H groups in total. The molecule has 0 atom stereocenters. The van der Waals surface area contributed by atoms with Crippen molar-refractivity contribution in [3.05, 3.63) is 53.8 Å². The van der Waals surface area contributed by atoms with Crippen molar-refractivity contribution < 1.29 is 19.1 Å². The summed E-state index contributed by atoms with van der Waals surface area (Å²) in [6, 6.07) is 11.6. The van der Waals surface area contributed by atoms with Gasteiger partial charge < -0.3 is 20.2 Å². The van der Waals surface area contributed by atoms with E-state index in [1.807, 2.05) is 6.07 Å². The summed E-state index contributed by atoms with van der Waals surface area (Å²) in [5, 5.41) is 12.3. The Hall–Kier alpha value is -3.09. The van der Waals surface area contributed by atoms with Crippen LogP contribution in [0.5, 0.6) is 0 Å². The summed E-state index contributed by atoms with van der Waals surface area (Å²) in [5.74, 6) is -1.40. The molecule has 0 bridgehead atoms. The number of hydrogen-bond acceptors (Lipinski definition) is 4. The van der Waals surface area contributed by atoms with Crippen LogP contribution in [0.15, 0.2) is 42.5 Å². The molecule has 2 aromatic rings. The molecule has 1 amide bonds. The summed E-state index contributed by atoms with van der Waals surface area (Å²) in [5.41, 5.74) is 2.25. The van der Waals surface area contributed by atoms with E-state index in [-0.39, 0.29) is 23.2 Å². The van der Waals surface area contributed by atoms with Gasteiger partial charge in [-0.15, -0.1) is 0 Å². The second-order valence-electron chi connectivity index (χ2n) is 7.25. The van der Waals surface area contributed by atoms with Crippen LogP contribution in [0.1, 0.15) is 23.2 Å². The maximum absolute atomic E-state index is 13.1. The van der Waals surface area contributed by atoms with Gasteiger partial charge in [-0.25, -0.2) is 9.18 Å². The minimum Gasteiger partial charge on any atom is -0.478 e. The van der Waals surface area contributed by atoms with Crippen molar-refractivity contribution in [1.82, 2.24) is 0 Å². The molecule has 2 aromatic carbocycles. The molecule has 7 heteroatoms. The van der Waals surface area contributed by atoms with Gasteiger partial charge in [-0.3, -0.25) is 4.79 Å². The highest BCUT2D eigenvalue weighted by molar-refractivity contribution is 6.02. The lowest BCUT2D eigenvalue weighted by molar-refractivity contribution is -0.117. The highest BCUT2D eigenvalue weighted by Gasteiger charge is 2.30. The maximum atomic E-state index is 13.1. The first-order valence-corrected chi connectivity index (χ1v) is 9.45. The topological polar surface area (TPSA) is 72.9 Å². The van der Waals surface area contributed by atoms with Crippen LogP contribution in [0.4, 0.5) is 21.5 Å². The molecule has 2 fully saturated rings. The van der Waals surface area contributed by atoms with Crippen molar-refractivity contribution in [2.75, 3.05) is 41.3 Å². The first-order chi connectivity index (χ1) is 13.5. The Bertz CT molecular complexity index is 888. The van der Waals surface area contributed by atoms with Gasteiger partial charge in [0.05, 0.1) is 11.3 Å².